The van der Waals surface area contributed by atoms with Crippen molar-refractivity contribution < 1.29 is 4.57 Å². The maximum Gasteiger partial charge on any atom is 0.226 e. The summed E-state index contributed by atoms with van der Waals surface area (Å²) >= 11 is 1.27. The van der Waals surface area contributed by atoms with Gasteiger partial charge in [-0.1, -0.05) is 29.6 Å². The van der Waals surface area contributed by atoms with E-state index in [1.807, 2.05) is 0 Å². The van der Waals surface area contributed by atoms with Crippen LogP contribution in [0.25, 0.3) is 0 Å². The van der Waals surface area contributed by atoms with Gasteiger partial charge in [0.05, 0.1) is 0 Å². The van der Waals surface area contributed by atoms with Crippen molar-refractivity contribution in [3.8, 4) is 0 Å². The van der Waals surface area contributed by atoms with Crippen molar-refractivity contribution in [2.24, 2.45) is 0 Å². The first-order chi connectivity index (χ1) is 6.13. The molecule has 0 aliphatic carbocycles. The fourth-order valence-electron chi connectivity index (χ4n) is 0.898. The van der Waals surface area contributed by atoms with E-state index in [0.29, 0.717) is 0 Å². The van der Waals surface area contributed by atoms with E-state index in [1.54, 1.807) is 6.26 Å². The van der Waals surface area contributed by atoms with Crippen LogP contribution in [0.4, 0.5) is 0 Å². The van der Waals surface area contributed by atoms with E-state index < -0.39 is 0 Å². The van der Waals surface area contributed by atoms with Crippen molar-refractivity contribution in [1.82, 2.24) is 0 Å². The second kappa shape index (κ2) is 7.11. The van der Waals surface area contributed by atoms with Gasteiger partial charge in [-0.15, -0.1) is 0 Å². The van der Waals surface area contributed by atoms with Crippen LogP contribution in [0.15, 0.2) is 18.2 Å². The molecule has 0 aliphatic rings. The lowest BCUT2D eigenvalue weighted by molar-refractivity contribution is 0.605. The lowest BCUT2D eigenvalue weighted by atomic mass is 10.1. The average molecular weight is 214 g/mol. The SMILES string of the molecule is CSP=O.Cc1cccc(C)c1C. The Balaban J connectivity index is 0.000000310. The summed E-state index contributed by atoms with van der Waals surface area (Å²) in [4.78, 5) is 0. The maximum absolute atomic E-state index is 9.23. The fraction of sp³-hybridized carbons (Fsp3) is 0.400. The van der Waals surface area contributed by atoms with E-state index in [1.165, 1.54) is 28.1 Å². The van der Waals surface area contributed by atoms with Crippen molar-refractivity contribution in [2.75, 3.05) is 6.26 Å². The first-order valence-electron chi connectivity index (χ1n) is 4.02. The van der Waals surface area contributed by atoms with E-state index in [9.17, 15) is 4.57 Å². The first kappa shape index (κ1) is 12.7. The van der Waals surface area contributed by atoms with Gasteiger partial charge in [0.1, 0.15) is 0 Å². The zero-order chi connectivity index (χ0) is 10.3. The second-order valence-electron chi connectivity index (χ2n) is 2.77. The van der Waals surface area contributed by atoms with E-state index in [0.717, 1.165) is 0 Å². The molecule has 0 unspecified atom stereocenters. The van der Waals surface area contributed by atoms with Gasteiger partial charge in [-0.05, 0) is 43.7 Å². The van der Waals surface area contributed by atoms with Crippen molar-refractivity contribution in [2.45, 2.75) is 20.8 Å². The summed E-state index contributed by atoms with van der Waals surface area (Å²) in [7, 11) is 0.165. The molecule has 0 N–H and O–H groups in total. The Bertz CT molecular complexity index is 253. The third-order valence-electron chi connectivity index (χ3n) is 1.95. The highest BCUT2D eigenvalue weighted by atomic mass is 32.7. The van der Waals surface area contributed by atoms with E-state index in [2.05, 4.69) is 39.0 Å². The Morgan fingerprint density at radius 2 is 1.54 bits per heavy atom. The van der Waals surface area contributed by atoms with Crippen LogP contribution in [-0.2, 0) is 4.57 Å². The molecule has 0 aliphatic heterocycles. The molecule has 1 nitrogen and oxygen atoms in total. The Kier molecular flexibility index (Phi) is 6.93. The molecular weight excluding hydrogens is 199 g/mol. The minimum atomic E-state index is 0.165. The van der Waals surface area contributed by atoms with Gasteiger partial charge in [0.15, 0.2) is 0 Å². The van der Waals surface area contributed by atoms with Crippen molar-refractivity contribution in [3.05, 3.63) is 34.9 Å². The zero-order valence-electron chi connectivity index (χ0n) is 8.50. The highest BCUT2D eigenvalue weighted by Crippen LogP contribution is 2.10. The topological polar surface area (TPSA) is 17.1 Å². The van der Waals surface area contributed by atoms with E-state index in [4.69, 9.17) is 0 Å². The summed E-state index contributed by atoms with van der Waals surface area (Å²) in [5.74, 6) is 0. The molecule has 1 aromatic carbocycles. The van der Waals surface area contributed by atoms with E-state index in [-0.39, 0.29) is 7.66 Å². The number of rotatable bonds is 1. The van der Waals surface area contributed by atoms with Gasteiger partial charge in [-0.25, -0.2) is 0 Å². The molecular formula is C10H15OPS. The van der Waals surface area contributed by atoms with Crippen LogP contribution in [0.5, 0.6) is 0 Å². The molecule has 0 aromatic heterocycles. The molecule has 1 rings (SSSR count). The van der Waals surface area contributed by atoms with Gasteiger partial charge in [-0.3, -0.25) is 4.57 Å². The molecule has 72 valence electrons. The van der Waals surface area contributed by atoms with E-state index >= 15 is 0 Å². The average Bonchev–Trinajstić information content (AvgIpc) is 2.14. The Morgan fingerprint density at radius 3 is 1.77 bits per heavy atom. The maximum atomic E-state index is 9.23. The van der Waals surface area contributed by atoms with Gasteiger partial charge >= 0.3 is 0 Å². The third-order valence-corrected chi connectivity index (χ3v) is 2.55. The molecule has 0 saturated heterocycles. The van der Waals surface area contributed by atoms with Crippen LogP contribution in [-0.4, -0.2) is 6.26 Å². The van der Waals surface area contributed by atoms with Gasteiger partial charge < -0.3 is 0 Å². The smallest absolute Gasteiger partial charge is 0.226 e. The lowest BCUT2D eigenvalue weighted by Crippen LogP contribution is -1.82. The lowest BCUT2D eigenvalue weighted by Gasteiger charge is -2.00. The molecule has 0 fully saturated rings. The number of benzene rings is 1. The van der Waals surface area contributed by atoms with Crippen LogP contribution in [0.2, 0.25) is 0 Å². The molecule has 0 saturated carbocycles. The summed E-state index contributed by atoms with van der Waals surface area (Å²) in [6.07, 6.45) is 1.77. The van der Waals surface area contributed by atoms with Gasteiger partial charge in [0, 0.05) is 0 Å². The van der Waals surface area contributed by atoms with Gasteiger partial charge in [-0.2, -0.15) is 0 Å². The second-order valence-corrected chi connectivity index (χ2v) is 4.83. The molecule has 3 heteroatoms. The predicted octanol–water partition coefficient (Wildman–Crippen LogP) is 4.17. The molecule has 0 heterocycles. The van der Waals surface area contributed by atoms with Crippen LogP contribution in [0, 0.1) is 20.8 Å². The summed E-state index contributed by atoms with van der Waals surface area (Å²) in [6.45, 7) is 6.44. The summed E-state index contributed by atoms with van der Waals surface area (Å²) in [6, 6.07) is 6.38. The number of aryl methyl sites for hydroxylation is 2. The molecule has 0 atom stereocenters. The Morgan fingerprint density at radius 1 is 1.15 bits per heavy atom. The van der Waals surface area contributed by atoms with Gasteiger partial charge in [0.25, 0.3) is 0 Å². The highest BCUT2D eigenvalue weighted by Gasteiger charge is 1.91. The van der Waals surface area contributed by atoms with Crippen LogP contribution in [0.3, 0.4) is 0 Å². The third kappa shape index (κ3) is 5.07. The Labute approximate surface area is 85.9 Å². The number of hydrogen-bond donors (Lipinski definition) is 0. The minimum absolute atomic E-state index is 0.165. The first-order valence-corrected chi connectivity index (χ1v) is 6.66. The Hall–Kier alpha value is -0.330. The standard InChI is InChI=1S/C9H12.CH3OPS/c1-7-5-4-6-8(2)9(7)3;1-4-3-2/h4-6H,1-3H3;1H3. The highest BCUT2D eigenvalue weighted by molar-refractivity contribution is 8.45. The number of hydrogen-bond acceptors (Lipinski definition) is 2. The largest absolute Gasteiger partial charge is 0.262 e. The van der Waals surface area contributed by atoms with Crippen molar-refractivity contribution in [3.63, 3.8) is 0 Å². The summed E-state index contributed by atoms with van der Waals surface area (Å²) in [5, 5.41) is 0. The van der Waals surface area contributed by atoms with Crippen LogP contribution < -0.4 is 0 Å². The predicted molar refractivity (Wildman–Crippen MR) is 61.8 cm³/mol. The normalized spacial score (nSPS) is 9.23. The van der Waals surface area contributed by atoms with Crippen LogP contribution in [0.1, 0.15) is 16.7 Å². The van der Waals surface area contributed by atoms with Crippen molar-refractivity contribution >= 4 is 19.0 Å². The summed E-state index contributed by atoms with van der Waals surface area (Å²) < 4.78 is 9.23. The quantitative estimate of drug-likeness (QED) is 0.653. The molecule has 0 bridgehead atoms. The van der Waals surface area contributed by atoms with Crippen molar-refractivity contribution in [1.29, 1.82) is 0 Å². The molecule has 1 aromatic rings. The molecule has 0 amide bonds. The van der Waals surface area contributed by atoms with Crippen LogP contribution >= 0.6 is 19.0 Å². The monoisotopic (exact) mass is 214 g/mol. The zero-order valence-corrected chi connectivity index (χ0v) is 10.2. The fourth-order valence-corrected chi connectivity index (χ4v) is 0.898. The molecule has 13 heavy (non-hydrogen) atoms. The molecule has 0 spiro atoms. The minimum Gasteiger partial charge on any atom is -0.262 e. The summed E-state index contributed by atoms with van der Waals surface area (Å²) in [5.41, 5.74) is 4.18. The molecule has 0 radical (unpaired) electrons. The van der Waals surface area contributed by atoms with Gasteiger partial charge in [0.2, 0.25) is 7.66 Å².